The molecule has 0 radical (unpaired) electrons. The van der Waals surface area contributed by atoms with Gasteiger partial charge in [0.1, 0.15) is 0 Å². The van der Waals surface area contributed by atoms with Crippen molar-refractivity contribution >= 4 is 33.2 Å². The minimum Gasteiger partial charge on any atom is -0.315 e. The molecule has 0 unspecified atom stereocenters. The summed E-state index contributed by atoms with van der Waals surface area (Å²) in [6.07, 6.45) is 1.22. The molecule has 134 valence electrons. The van der Waals surface area contributed by atoms with E-state index in [1.165, 1.54) is 9.21 Å². The highest BCUT2D eigenvalue weighted by molar-refractivity contribution is 7.88. The molecule has 0 saturated heterocycles. The van der Waals surface area contributed by atoms with E-state index in [0.717, 1.165) is 11.9 Å². The Morgan fingerprint density at radius 3 is 2.24 bits per heavy atom. The Hall–Kier alpha value is -1.89. The first kappa shape index (κ1) is 19.4. The largest absolute Gasteiger partial charge is 0.315 e. The number of rotatable bonds is 7. The van der Waals surface area contributed by atoms with Crippen LogP contribution in [-0.4, -0.2) is 38.5 Å². The molecule has 0 bridgehead atoms. The number of carbonyl (C=O) groups is 1. The van der Waals surface area contributed by atoms with Crippen molar-refractivity contribution in [2.45, 2.75) is 13.0 Å². The number of nitrogens with zero attached hydrogens (tertiary/aromatic N) is 2. The Labute approximate surface area is 153 Å². The van der Waals surface area contributed by atoms with E-state index in [1.807, 2.05) is 30.3 Å². The van der Waals surface area contributed by atoms with Gasteiger partial charge in [-0.15, -0.1) is 0 Å². The van der Waals surface area contributed by atoms with Gasteiger partial charge in [0, 0.05) is 37.3 Å². The van der Waals surface area contributed by atoms with Crippen molar-refractivity contribution in [3.63, 3.8) is 0 Å². The molecule has 7 heteroatoms. The lowest BCUT2D eigenvalue weighted by molar-refractivity contribution is -0.118. The van der Waals surface area contributed by atoms with Gasteiger partial charge in [-0.3, -0.25) is 4.79 Å². The topological polar surface area (TPSA) is 57.7 Å². The van der Waals surface area contributed by atoms with Crippen LogP contribution in [0.25, 0.3) is 0 Å². The predicted octanol–water partition coefficient (Wildman–Crippen LogP) is 3.15. The van der Waals surface area contributed by atoms with Gasteiger partial charge >= 0.3 is 0 Å². The molecule has 25 heavy (non-hydrogen) atoms. The van der Waals surface area contributed by atoms with Crippen LogP contribution in [0.1, 0.15) is 12.0 Å². The van der Waals surface area contributed by atoms with E-state index in [0.29, 0.717) is 10.6 Å². The Morgan fingerprint density at radius 2 is 1.64 bits per heavy atom. The van der Waals surface area contributed by atoms with Crippen molar-refractivity contribution in [1.29, 1.82) is 0 Å². The molecule has 2 rings (SSSR count). The van der Waals surface area contributed by atoms with Gasteiger partial charge in [0.25, 0.3) is 0 Å². The molecule has 0 aliphatic carbocycles. The van der Waals surface area contributed by atoms with Crippen molar-refractivity contribution < 1.29 is 13.2 Å². The number of halogens is 1. The van der Waals surface area contributed by atoms with E-state index in [4.69, 9.17) is 11.6 Å². The predicted molar refractivity (Wildman–Crippen MR) is 101 cm³/mol. The standard InChI is InChI=1S/C18H21ClN2O3S/c1-20(16-9-4-3-5-10-16)18(22)12-13-21(25(2,23)24)14-15-8-6-7-11-17(15)19/h3-11H,12-14H2,1-2H3. The van der Waals surface area contributed by atoms with Crippen LogP contribution >= 0.6 is 11.6 Å². The fourth-order valence-electron chi connectivity index (χ4n) is 2.36. The van der Waals surface area contributed by atoms with Gasteiger partial charge in [-0.25, -0.2) is 8.42 Å². The quantitative estimate of drug-likeness (QED) is 0.741. The summed E-state index contributed by atoms with van der Waals surface area (Å²) in [5.74, 6) is -0.154. The van der Waals surface area contributed by atoms with Crippen LogP contribution in [0.4, 0.5) is 5.69 Å². The lowest BCUT2D eigenvalue weighted by atomic mass is 10.2. The fraction of sp³-hybridized carbons (Fsp3) is 0.278. The number of sulfonamides is 1. The smallest absolute Gasteiger partial charge is 0.228 e. The molecule has 5 nitrogen and oxygen atoms in total. The summed E-state index contributed by atoms with van der Waals surface area (Å²) in [4.78, 5) is 13.9. The summed E-state index contributed by atoms with van der Waals surface area (Å²) < 4.78 is 25.4. The number of hydrogen-bond donors (Lipinski definition) is 0. The first-order chi connectivity index (χ1) is 11.8. The first-order valence-corrected chi connectivity index (χ1v) is 10.0. The summed E-state index contributed by atoms with van der Waals surface area (Å²) in [5.41, 5.74) is 1.47. The second-order valence-electron chi connectivity index (χ2n) is 5.73. The van der Waals surface area contributed by atoms with E-state index >= 15 is 0 Å². The van der Waals surface area contributed by atoms with Gasteiger partial charge in [0.15, 0.2) is 0 Å². The van der Waals surface area contributed by atoms with Crippen LogP contribution in [0.2, 0.25) is 5.02 Å². The van der Waals surface area contributed by atoms with Crippen molar-refractivity contribution in [3.05, 3.63) is 65.2 Å². The molecular formula is C18H21ClN2O3S. The SMILES string of the molecule is CN(C(=O)CCN(Cc1ccccc1Cl)S(C)(=O)=O)c1ccccc1. The molecule has 0 fully saturated rings. The molecule has 0 aromatic heterocycles. The number of hydrogen-bond acceptors (Lipinski definition) is 3. The summed E-state index contributed by atoms with van der Waals surface area (Å²) >= 11 is 6.11. The second kappa shape index (κ2) is 8.47. The zero-order chi connectivity index (χ0) is 18.4. The number of para-hydroxylation sites is 1. The van der Waals surface area contributed by atoms with E-state index in [-0.39, 0.29) is 25.4 Å². The molecule has 0 saturated carbocycles. The van der Waals surface area contributed by atoms with Crippen molar-refractivity contribution in [2.24, 2.45) is 0 Å². The van der Waals surface area contributed by atoms with E-state index in [2.05, 4.69) is 0 Å². The molecule has 0 N–H and O–H groups in total. The summed E-state index contributed by atoms with van der Waals surface area (Å²) in [5, 5.41) is 0.504. The molecule has 1 amide bonds. The first-order valence-electron chi connectivity index (χ1n) is 7.79. The molecule has 0 heterocycles. The molecule has 0 aliphatic rings. The molecule has 0 spiro atoms. The second-order valence-corrected chi connectivity index (χ2v) is 8.12. The van der Waals surface area contributed by atoms with Gasteiger partial charge in [-0.05, 0) is 23.8 Å². The van der Waals surface area contributed by atoms with E-state index < -0.39 is 10.0 Å². The van der Waals surface area contributed by atoms with Crippen molar-refractivity contribution in [2.75, 3.05) is 24.7 Å². The maximum absolute atomic E-state index is 12.4. The fourth-order valence-corrected chi connectivity index (χ4v) is 3.35. The highest BCUT2D eigenvalue weighted by Gasteiger charge is 2.20. The van der Waals surface area contributed by atoms with Crippen LogP contribution in [0.5, 0.6) is 0 Å². The van der Waals surface area contributed by atoms with Gasteiger partial charge < -0.3 is 4.90 Å². The Kier molecular flexibility index (Phi) is 6.58. The zero-order valence-electron chi connectivity index (χ0n) is 14.2. The van der Waals surface area contributed by atoms with Crippen molar-refractivity contribution in [3.8, 4) is 0 Å². The Balaban J connectivity index is 2.06. The van der Waals surface area contributed by atoms with Gasteiger partial charge in [-0.1, -0.05) is 48.0 Å². The maximum Gasteiger partial charge on any atom is 0.228 e. The zero-order valence-corrected chi connectivity index (χ0v) is 15.8. The molecule has 2 aromatic rings. The van der Waals surface area contributed by atoms with E-state index in [9.17, 15) is 13.2 Å². The number of benzene rings is 2. The normalized spacial score (nSPS) is 11.5. The molecule has 2 aromatic carbocycles. The van der Waals surface area contributed by atoms with Gasteiger partial charge in [0.05, 0.1) is 6.26 Å². The van der Waals surface area contributed by atoms with Crippen LogP contribution < -0.4 is 4.90 Å². The van der Waals surface area contributed by atoms with Crippen LogP contribution in [-0.2, 0) is 21.4 Å². The number of carbonyl (C=O) groups excluding carboxylic acids is 1. The minimum absolute atomic E-state index is 0.0862. The average molecular weight is 381 g/mol. The molecule has 0 atom stereocenters. The average Bonchev–Trinajstić information content (AvgIpc) is 2.59. The van der Waals surface area contributed by atoms with Crippen LogP contribution in [0.15, 0.2) is 54.6 Å². The van der Waals surface area contributed by atoms with E-state index in [1.54, 1.807) is 31.3 Å². The number of anilines is 1. The third kappa shape index (κ3) is 5.56. The summed E-state index contributed by atoms with van der Waals surface area (Å²) in [6, 6.07) is 16.3. The van der Waals surface area contributed by atoms with Crippen LogP contribution in [0, 0.1) is 0 Å². The summed E-state index contributed by atoms with van der Waals surface area (Å²) in [7, 11) is -1.78. The Bertz CT molecular complexity index is 825. The third-order valence-electron chi connectivity index (χ3n) is 3.87. The minimum atomic E-state index is -3.46. The lowest BCUT2D eigenvalue weighted by Gasteiger charge is -2.22. The maximum atomic E-state index is 12.4. The van der Waals surface area contributed by atoms with Crippen LogP contribution in [0.3, 0.4) is 0 Å². The lowest BCUT2D eigenvalue weighted by Crippen LogP contribution is -2.35. The van der Waals surface area contributed by atoms with Gasteiger partial charge in [-0.2, -0.15) is 4.31 Å². The van der Waals surface area contributed by atoms with Crippen molar-refractivity contribution in [1.82, 2.24) is 4.31 Å². The monoisotopic (exact) mass is 380 g/mol. The third-order valence-corrected chi connectivity index (χ3v) is 5.48. The highest BCUT2D eigenvalue weighted by atomic mass is 35.5. The number of amides is 1. The Morgan fingerprint density at radius 1 is 1.04 bits per heavy atom. The summed E-state index contributed by atoms with van der Waals surface area (Å²) in [6.45, 7) is 0.237. The van der Waals surface area contributed by atoms with Gasteiger partial charge in [0.2, 0.25) is 15.9 Å². The highest BCUT2D eigenvalue weighted by Crippen LogP contribution is 2.19. The molecule has 0 aliphatic heterocycles. The molecular weight excluding hydrogens is 360 g/mol.